The number of amides is 1. The summed E-state index contributed by atoms with van der Waals surface area (Å²) in [5.74, 6) is -1.06. The zero-order chi connectivity index (χ0) is 28.5. The smallest absolute Gasteiger partial charge is 0.459 e. The predicted molar refractivity (Wildman–Crippen MR) is 136 cm³/mol. The van der Waals surface area contributed by atoms with E-state index in [1.54, 1.807) is 25.1 Å². The van der Waals surface area contributed by atoms with Crippen LogP contribution >= 0.6 is 7.75 Å². The highest BCUT2D eigenvalue weighted by atomic mass is 31.2. The van der Waals surface area contributed by atoms with Crippen LogP contribution in [0.1, 0.15) is 29.3 Å². The largest absolute Gasteiger partial charge is 0.468 e. The molecule has 0 aliphatic carbocycles. The number of para-hydroxylation sites is 1. The van der Waals surface area contributed by atoms with Crippen LogP contribution in [0.15, 0.2) is 36.5 Å². The van der Waals surface area contributed by atoms with Crippen LogP contribution in [0, 0.1) is 6.92 Å². The Kier molecular flexibility index (Phi) is 8.20. The normalized spacial score (nSPS) is 23.3. The number of nitrogens with zero attached hydrogens (tertiary/aromatic N) is 3. The van der Waals surface area contributed by atoms with Crippen LogP contribution in [0.5, 0.6) is 5.75 Å². The molecule has 1 unspecified atom stereocenters. The van der Waals surface area contributed by atoms with Crippen LogP contribution in [-0.4, -0.2) is 74.7 Å². The van der Waals surface area contributed by atoms with Crippen molar-refractivity contribution in [1.82, 2.24) is 19.6 Å². The number of rotatable bonds is 10. The maximum Gasteiger partial charge on any atom is 0.459 e. The van der Waals surface area contributed by atoms with E-state index in [9.17, 15) is 24.4 Å². The van der Waals surface area contributed by atoms with Crippen LogP contribution in [0.2, 0.25) is 0 Å². The van der Waals surface area contributed by atoms with Gasteiger partial charge < -0.3 is 40.2 Å². The Morgan fingerprint density at radius 2 is 1.92 bits per heavy atom. The Morgan fingerprint density at radius 3 is 2.56 bits per heavy atom. The second-order valence-electron chi connectivity index (χ2n) is 8.79. The van der Waals surface area contributed by atoms with E-state index in [2.05, 4.69) is 19.8 Å². The molecule has 3 aromatic rings. The van der Waals surface area contributed by atoms with Gasteiger partial charge in [0.15, 0.2) is 6.23 Å². The summed E-state index contributed by atoms with van der Waals surface area (Å²) in [6.45, 7) is 2.46. The Labute approximate surface area is 222 Å². The minimum Gasteiger partial charge on any atom is -0.468 e. The van der Waals surface area contributed by atoms with E-state index >= 15 is 0 Å². The van der Waals surface area contributed by atoms with Gasteiger partial charge in [-0.2, -0.15) is 5.09 Å². The minimum absolute atomic E-state index is 0.00256. The molecule has 0 saturated carbocycles. The van der Waals surface area contributed by atoms with Gasteiger partial charge in [-0.3, -0.25) is 14.1 Å². The lowest BCUT2D eigenvalue weighted by Gasteiger charge is -2.24. The number of hydrogen-bond acceptors (Lipinski definition) is 12. The zero-order valence-electron chi connectivity index (χ0n) is 21.3. The number of carbonyl (C=O) groups is 2. The topological polar surface area (TPSA) is 223 Å². The molecule has 1 aromatic carbocycles. The highest BCUT2D eigenvalue weighted by molar-refractivity contribution is 7.52. The van der Waals surface area contributed by atoms with Gasteiger partial charge in [0, 0.05) is 6.20 Å². The molecule has 1 aliphatic rings. The van der Waals surface area contributed by atoms with Crippen molar-refractivity contribution in [2.45, 2.75) is 44.4 Å². The Bertz CT molecular complexity index is 1420. The average Bonchev–Trinajstić information content (AvgIpc) is 3.40. The monoisotopic (exact) mass is 564 g/mol. The third kappa shape index (κ3) is 5.88. The molecule has 0 radical (unpaired) electrons. The quantitative estimate of drug-likeness (QED) is 0.166. The number of methoxy groups -OCH3 is 1. The number of nitrogen functional groups attached to an aromatic ring is 1. The summed E-state index contributed by atoms with van der Waals surface area (Å²) in [7, 11) is -3.07. The van der Waals surface area contributed by atoms with E-state index in [1.807, 2.05) is 0 Å². The zero-order valence-corrected chi connectivity index (χ0v) is 22.1. The van der Waals surface area contributed by atoms with Gasteiger partial charge in [0.05, 0.1) is 24.7 Å². The molecule has 16 heteroatoms. The minimum atomic E-state index is -4.24. The summed E-state index contributed by atoms with van der Waals surface area (Å²) < 4.78 is 36.5. The molecule has 2 aromatic heterocycles. The summed E-state index contributed by atoms with van der Waals surface area (Å²) >= 11 is 0. The van der Waals surface area contributed by atoms with Gasteiger partial charge in [-0.15, -0.1) is 0 Å². The lowest BCUT2D eigenvalue weighted by molar-refractivity contribution is -0.142. The van der Waals surface area contributed by atoms with Gasteiger partial charge in [0.2, 0.25) is 0 Å². The van der Waals surface area contributed by atoms with Crippen LogP contribution in [-0.2, 0) is 23.4 Å². The van der Waals surface area contributed by atoms with Crippen molar-refractivity contribution < 1.29 is 42.9 Å². The number of nitrogens with one attached hydrogen (secondary N) is 1. The summed E-state index contributed by atoms with van der Waals surface area (Å²) in [6.07, 6.45) is -4.22. The van der Waals surface area contributed by atoms with E-state index in [0.29, 0.717) is 0 Å². The SMILES string of the molecule is COC(=O)[C@H](C)NP(=O)(OC[C@H]1O[C@@H](n2cc(C(N)=O)c3c(N)nc(C)nc32)[C@H](O)[C@@H]1O)Oc1ccccc1. The fourth-order valence-electron chi connectivity index (χ4n) is 4.11. The van der Waals surface area contributed by atoms with Gasteiger partial charge in [-0.1, -0.05) is 18.2 Å². The highest BCUT2D eigenvalue weighted by Gasteiger charge is 2.46. The molecule has 3 heterocycles. The molecule has 210 valence electrons. The molecule has 6 atom stereocenters. The number of primary amides is 1. The Morgan fingerprint density at radius 1 is 1.23 bits per heavy atom. The number of aliphatic hydroxyl groups is 2. The van der Waals surface area contributed by atoms with Gasteiger partial charge in [0.25, 0.3) is 5.91 Å². The van der Waals surface area contributed by atoms with Gasteiger partial charge >= 0.3 is 13.7 Å². The van der Waals surface area contributed by atoms with E-state index in [0.717, 1.165) is 0 Å². The van der Waals surface area contributed by atoms with Gasteiger partial charge in [0.1, 0.15) is 47.4 Å². The average molecular weight is 564 g/mol. The number of benzene rings is 1. The molecule has 39 heavy (non-hydrogen) atoms. The van der Waals surface area contributed by atoms with Gasteiger partial charge in [-0.25, -0.2) is 14.5 Å². The molecule has 0 bridgehead atoms. The fraction of sp³-hybridized carbons (Fsp3) is 0.391. The van der Waals surface area contributed by atoms with Gasteiger partial charge in [-0.05, 0) is 26.0 Å². The molecular weight excluding hydrogens is 535 g/mol. The molecule has 1 amide bonds. The van der Waals surface area contributed by atoms with Crippen LogP contribution in [0.4, 0.5) is 5.82 Å². The lowest BCUT2D eigenvalue weighted by atomic mass is 10.1. The first-order valence-electron chi connectivity index (χ1n) is 11.7. The molecule has 1 fully saturated rings. The van der Waals surface area contributed by atoms with Crippen molar-refractivity contribution in [1.29, 1.82) is 0 Å². The molecular formula is C23H29N6O9P. The van der Waals surface area contributed by atoms with Crippen molar-refractivity contribution in [3.05, 3.63) is 47.9 Å². The Hall–Kier alpha value is -3.59. The molecule has 0 spiro atoms. The lowest BCUT2D eigenvalue weighted by Crippen LogP contribution is -2.37. The third-order valence-corrected chi connectivity index (χ3v) is 7.62. The number of carbonyl (C=O) groups excluding carboxylic acids is 2. The van der Waals surface area contributed by atoms with Crippen molar-refractivity contribution in [3.8, 4) is 5.75 Å². The fourth-order valence-corrected chi connectivity index (χ4v) is 5.62. The number of aryl methyl sites for hydroxylation is 1. The number of fused-ring (bicyclic) bond motifs is 1. The molecule has 1 aliphatic heterocycles. The van der Waals surface area contributed by atoms with E-state index in [-0.39, 0.29) is 34.0 Å². The van der Waals surface area contributed by atoms with E-state index in [4.69, 9.17) is 25.3 Å². The predicted octanol–water partition coefficient (Wildman–Crippen LogP) is 0.395. The summed E-state index contributed by atoms with van der Waals surface area (Å²) in [4.78, 5) is 32.3. The highest BCUT2D eigenvalue weighted by Crippen LogP contribution is 2.46. The van der Waals surface area contributed by atoms with Crippen molar-refractivity contribution in [2.24, 2.45) is 5.73 Å². The molecule has 15 nitrogen and oxygen atoms in total. The maximum absolute atomic E-state index is 13.6. The van der Waals surface area contributed by atoms with E-state index < -0.39 is 56.8 Å². The number of ether oxygens (including phenoxy) is 2. The number of aliphatic hydroxyl groups excluding tert-OH is 2. The summed E-state index contributed by atoms with van der Waals surface area (Å²) in [5.41, 5.74) is 11.6. The van der Waals surface area contributed by atoms with Crippen molar-refractivity contribution in [3.63, 3.8) is 0 Å². The molecule has 4 rings (SSSR count). The Balaban J connectivity index is 1.59. The summed E-state index contributed by atoms with van der Waals surface area (Å²) in [5, 5.41) is 24.2. The summed E-state index contributed by atoms with van der Waals surface area (Å²) in [6, 6.07) is 7.00. The number of anilines is 1. The van der Waals surface area contributed by atoms with Crippen LogP contribution in [0.25, 0.3) is 11.0 Å². The van der Waals surface area contributed by atoms with Crippen molar-refractivity contribution in [2.75, 3.05) is 19.5 Å². The number of esters is 1. The number of nitrogens with two attached hydrogens (primary N) is 2. The third-order valence-electron chi connectivity index (χ3n) is 5.97. The van der Waals surface area contributed by atoms with Crippen molar-refractivity contribution >= 4 is 36.5 Å². The maximum atomic E-state index is 13.6. The standard InChI is InChI=1S/C23H29N6O9P/c1-11(23(33)35-3)28-39(34,38-13-7-5-4-6-8-13)36-10-15-17(30)18(31)22(37-15)29-9-14(20(25)32)16-19(24)26-12(2)27-21(16)29/h4-9,11,15,17-18,22,30-31H,10H2,1-3H3,(H2,25,32)(H,28,34)(H2,24,26,27)/t11-,15+,17+,18+,22+,39?/m0/s1. The number of aromatic nitrogens is 3. The first-order valence-corrected chi connectivity index (χ1v) is 13.3. The first-order chi connectivity index (χ1) is 18.4. The van der Waals surface area contributed by atoms with Crippen LogP contribution in [0.3, 0.4) is 0 Å². The first kappa shape index (κ1) is 28.4. The second kappa shape index (κ2) is 11.3. The molecule has 1 saturated heterocycles. The number of hydrogen-bond donors (Lipinski definition) is 5. The van der Waals surface area contributed by atoms with E-state index in [1.165, 1.54) is 36.9 Å². The second-order valence-corrected chi connectivity index (χ2v) is 10.5. The molecule has 7 N–H and O–H groups in total. The van der Waals surface area contributed by atoms with Crippen LogP contribution < -0.4 is 21.1 Å².